The molecule has 1 amide bonds. The van der Waals surface area contributed by atoms with Crippen LogP contribution in [0, 0.1) is 0 Å². The third-order valence-electron chi connectivity index (χ3n) is 4.25. The van der Waals surface area contributed by atoms with Gasteiger partial charge in [0, 0.05) is 17.1 Å². The van der Waals surface area contributed by atoms with Gasteiger partial charge in [-0.2, -0.15) is 13.2 Å². The Kier molecular flexibility index (Phi) is 5.09. The van der Waals surface area contributed by atoms with E-state index >= 15 is 0 Å². The maximum Gasteiger partial charge on any atom is 0.416 e. The third-order valence-corrected chi connectivity index (χ3v) is 5.20. The molecule has 0 fully saturated rings. The van der Waals surface area contributed by atoms with Crippen molar-refractivity contribution in [3.05, 3.63) is 45.9 Å². The molecule has 0 saturated carbocycles. The van der Waals surface area contributed by atoms with Gasteiger partial charge in [0.15, 0.2) is 0 Å². The molecule has 0 aliphatic carbocycles. The minimum atomic E-state index is -4.51. The molecule has 144 valence electrons. The van der Waals surface area contributed by atoms with Crippen LogP contribution in [-0.2, 0) is 20.5 Å². The fourth-order valence-electron chi connectivity index (χ4n) is 2.94. The lowest BCUT2D eigenvalue weighted by molar-refractivity contribution is -0.161. The Balaban J connectivity index is 2.00. The standard InChI is InChI=1S/C17H15F3N2O4S/c1-9(14-21-5-6-27-14)22(15(23)16(24)25-2)12-8-26-13-7-10(17(18,19)20)3-4-11(12)13/h3-7,9,12H,8H2,1-2H3. The highest BCUT2D eigenvalue weighted by molar-refractivity contribution is 7.09. The van der Waals surface area contributed by atoms with Gasteiger partial charge >= 0.3 is 18.1 Å². The highest BCUT2D eigenvalue weighted by Gasteiger charge is 2.41. The van der Waals surface area contributed by atoms with Crippen LogP contribution in [0.3, 0.4) is 0 Å². The number of fused-ring (bicyclic) bond motifs is 1. The Hall–Kier alpha value is -2.62. The number of amides is 1. The number of aromatic nitrogens is 1. The number of carbonyl (C=O) groups excluding carboxylic acids is 2. The van der Waals surface area contributed by atoms with Gasteiger partial charge in [0.1, 0.15) is 17.4 Å². The van der Waals surface area contributed by atoms with Crippen molar-refractivity contribution in [3.63, 3.8) is 0 Å². The zero-order valence-electron chi connectivity index (χ0n) is 14.3. The molecule has 1 aromatic carbocycles. The Labute approximate surface area is 156 Å². The molecule has 1 aromatic heterocycles. The van der Waals surface area contributed by atoms with Crippen LogP contribution in [0.5, 0.6) is 5.75 Å². The number of thiazole rings is 1. The molecule has 0 N–H and O–H groups in total. The summed E-state index contributed by atoms with van der Waals surface area (Å²) in [4.78, 5) is 29.9. The number of hydrogen-bond donors (Lipinski definition) is 0. The average Bonchev–Trinajstić information content (AvgIpc) is 3.30. The number of hydrogen-bond acceptors (Lipinski definition) is 6. The Morgan fingerprint density at radius 2 is 2.15 bits per heavy atom. The van der Waals surface area contributed by atoms with Crippen molar-refractivity contribution in [2.24, 2.45) is 0 Å². The summed E-state index contributed by atoms with van der Waals surface area (Å²) in [6.45, 7) is 1.61. The lowest BCUT2D eigenvalue weighted by atomic mass is 10.0. The topological polar surface area (TPSA) is 68.7 Å². The first-order chi connectivity index (χ1) is 12.7. The minimum Gasteiger partial charge on any atom is -0.491 e. The molecule has 0 saturated heterocycles. The van der Waals surface area contributed by atoms with Crippen molar-refractivity contribution in [1.82, 2.24) is 9.88 Å². The molecule has 1 aliphatic heterocycles. The highest BCUT2D eigenvalue weighted by atomic mass is 32.1. The van der Waals surface area contributed by atoms with Crippen LogP contribution < -0.4 is 4.74 Å². The van der Waals surface area contributed by atoms with E-state index in [0.29, 0.717) is 10.6 Å². The Morgan fingerprint density at radius 1 is 1.41 bits per heavy atom. The van der Waals surface area contributed by atoms with Gasteiger partial charge in [0.05, 0.1) is 24.8 Å². The predicted molar refractivity (Wildman–Crippen MR) is 89.1 cm³/mol. The zero-order chi connectivity index (χ0) is 19.8. The van der Waals surface area contributed by atoms with E-state index in [0.717, 1.165) is 19.2 Å². The SMILES string of the molecule is COC(=O)C(=O)N(C(C)c1nccs1)C1COc2cc(C(F)(F)F)ccc21. The summed E-state index contributed by atoms with van der Waals surface area (Å²) in [6.07, 6.45) is -2.95. The summed E-state index contributed by atoms with van der Waals surface area (Å²) in [5.41, 5.74) is -0.454. The maximum absolute atomic E-state index is 12.9. The van der Waals surface area contributed by atoms with E-state index in [1.165, 1.54) is 22.3 Å². The molecule has 10 heteroatoms. The molecule has 6 nitrogen and oxygen atoms in total. The van der Waals surface area contributed by atoms with Gasteiger partial charge in [0.2, 0.25) is 0 Å². The molecule has 27 heavy (non-hydrogen) atoms. The third kappa shape index (κ3) is 3.61. The van der Waals surface area contributed by atoms with Crippen LogP contribution in [0.25, 0.3) is 0 Å². The normalized spacial score (nSPS) is 17.0. The summed E-state index contributed by atoms with van der Waals surface area (Å²) >= 11 is 1.30. The molecule has 2 heterocycles. The number of alkyl halides is 3. The van der Waals surface area contributed by atoms with Crippen molar-refractivity contribution in [3.8, 4) is 5.75 Å². The fraction of sp³-hybridized carbons (Fsp3) is 0.353. The van der Waals surface area contributed by atoms with Crippen LogP contribution in [0.1, 0.15) is 35.1 Å². The molecule has 2 atom stereocenters. The number of halogens is 3. The van der Waals surface area contributed by atoms with Gasteiger partial charge in [-0.15, -0.1) is 11.3 Å². The van der Waals surface area contributed by atoms with Gasteiger partial charge in [0.25, 0.3) is 0 Å². The summed E-state index contributed by atoms with van der Waals surface area (Å²) < 4.78 is 48.7. The van der Waals surface area contributed by atoms with Crippen LogP contribution in [0.4, 0.5) is 13.2 Å². The average molecular weight is 400 g/mol. The van der Waals surface area contributed by atoms with E-state index < -0.39 is 35.7 Å². The second-order valence-electron chi connectivity index (χ2n) is 5.83. The summed E-state index contributed by atoms with van der Waals surface area (Å²) in [5, 5.41) is 2.30. The lowest BCUT2D eigenvalue weighted by Gasteiger charge is -2.31. The smallest absolute Gasteiger partial charge is 0.416 e. The molecule has 0 radical (unpaired) electrons. The molecule has 0 bridgehead atoms. The van der Waals surface area contributed by atoms with Gasteiger partial charge in [-0.1, -0.05) is 6.07 Å². The Morgan fingerprint density at radius 3 is 2.74 bits per heavy atom. The first kappa shape index (κ1) is 19.2. The van der Waals surface area contributed by atoms with Gasteiger partial charge in [-0.05, 0) is 19.1 Å². The molecule has 1 aliphatic rings. The molecular formula is C17H15F3N2O4S. The number of carbonyl (C=O) groups is 2. The van der Waals surface area contributed by atoms with Crippen molar-refractivity contribution in [1.29, 1.82) is 0 Å². The largest absolute Gasteiger partial charge is 0.491 e. The van der Waals surface area contributed by atoms with Crippen molar-refractivity contribution in [2.45, 2.75) is 25.2 Å². The van der Waals surface area contributed by atoms with Crippen molar-refractivity contribution < 1.29 is 32.2 Å². The Bertz CT molecular complexity index is 854. The number of benzene rings is 1. The number of methoxy groups -OCH3 is 1. The number of ether oxygens (including phenoxy) is 2. The monoisotopic (exact) mass is 400 g/mol. The number of rotatable bonds is 3. The van der Waals surface area contributed by atoms with Crippen LogP contribution >= 0.6 is 11.3 Å². The second kappa shape index (κ2) is 7.18. The first-order valence-corrected chi connectivity index (χ1v) is 8.76. The number of esters is 1. The maximum atomic E-state index is 12.9. The van der Waals surface area contributed by atoms with E-state index in [9.17, 15) is 22.8 Å². The van der Waals surface area contributed by atoms with Crippen LogP contribution in [0.2, 0.25) is 0 Å². The summed E-state index contributed by atoms with van der Waals surface area (Å²) in [5.74, 6) is -1.95. The van der Waals surface area contributed by atoms with Gasteiger partial charge < -0.3 is 14.4 Å². The summed E-state index contributed by atoms with van der Waals surface area (Å²) in [6, 6.07) is 1.74. The summed E-state index contributed by atoms with van der Waals surface area (Å²) in [7, 11) is 1.08. The van der Waals surface area contributed by atoms with Gasteiger partial charge in [-0.25, -0.2) is 9.78 Å². The van der Waals surface area contributed by atoms with E-state index in [1.807, 2.05) is 0 Å². The number of nitrogens with zero attached hydrogens (tertiary/aromatic N) is 2. The highest BCUT2D eigenvalue weighted by Crippen LogP contribution is 2.43. The molecular weight excluding hydrogens is 385 g/mol. The molecule has 2 aromatic rings. The van der Waals surface area contributed by atoms with E-state index in [4.69, 9.17) is 4.74 Å². The molecule has 3 rings (SSSR count). The fourth-order valence-corrected chi connectivity index (χ4v) is 3.63. The van der Waals surface area contributed by atoms with Crippen molar-refractivity contribution in [2.75, 3.05) is 13.7 Å². The van der Waals surface area contributed by atoms with E-state index in [-0.39, 0.29) is 12.4 Å². The second-order valence-corrected chi connectivity index (χ2v) is 6.75. The van der Waals surface area contributed by atoms with Crippen LogP contribution in [0.15, 0.2) is 29.8 Å². The molecule has 0 spiro atoms. The van der Waals surface area contributed by atoms with Crippen molar-refractivity contribution >= 4 is 23.2 Å². The van der Waals surface area contributed by atoms with E-state index in [1.54, 1.807) is 18.5 Å². The quantitative estimate of drug-likeness (QED) is 0.584. The zero-order valence-corrected chi connectivity index (χ0v) is 15.1. The van der Waals surface area contributed by atoms with Crippen LogP contribution in [-0.4, -0.2) is 35.5 Å². The molecule has 2 unspecified atom stereocenters. The van der Waals surface area contributed by atoms with Gasteiger partial charge in [-0.3, -0.25) is 4.79 Å². The first-order valence-electron chi connectivity index (χ1n) is 7.88. The lowest BCUT2D eigenvalue weighted by Crippen LogP contribution is -2.42. The minimum absolute atomic E-state index is 0.0313. The predicted octanol–water partition coefficient (Wildman–Crippen LogP) is 3.36. The van der Waals surface area contributed by atoms with E-state index in [2.05, 4.69) is 9.72 Å².